The molecule has 1 aromatic carbocycles. The molecule has 1 aromatic rings. The predicted octanol–water partition coefficient (Wildman–Crippen LogP) is 3.10. The number of sulfonamides is 1. The zero-order valence-corrected chi connectivity index (χ0v) is 14.6. The minimum Gasteiger partial charge on any atom is -0.466 e. The van der Waals surface area contributed by atoms with Crippen LogP contribution in [0.5, 0.6) is 0 Å². The van der Waals surface area contributed by atoms with Crippen LogP contribution in [0, 0.1) is 6.92 Å². The number of allylic oxidation sites excluding steroid dienone is 1. The lowest BCUT2D eigenvalue weighted by Gasteiger charge is -2.43. The fraction of sp³-hybridized carbons (Fsp3) is 0.353. The van der Waals surface area contributed by atoms with Crippen LogP contribution in [-0.2, 0) is 19.5 Å². The van der Waals surface area contributed by atoms with Gasteiger partial charge in [-0.05, 0) is 51.0 Å². The van der Waals surface area contributed by atoms with Crippen molar-refractivity contribution in [2.75, 3.05) is 0 Å². The van der Waals surface area contributed by atoms with Gasteiger partial charge in [-0.1, -0.05) is 24.3 Å². The first-order valence-electron chi connectivity index (χ1n) is 7.49. The van der Waals surface area contributed by atoms with E-state index in [0.29, 0.717) is 16.3 Å². The van der Waals surface area contributed by atoms with Gasteiger partial charge in [0.2, 0.25) is 0 Å². The van der Waals surface area contributed by atoms with E-state index in [1.54, 1.807) is 32.1 Å². The second-order valence-electron chi connectivity index (χ2n) is 6.40. The van der Waals surface area contributed by atoms with Gasteiger partial charge in [-0.25, -0.2) is 13.2 Å². The van der Waals surface area contributed by atoms with Crippen molar-refractivity contribution in [2.24, 2.45) is 0 Å². The maximum atomic E-state index is 13.1. The minimum absolute atomic E-state index is 0.00641. The summed E-state index contributed by atoms with van der Waals surface area (Å²) in [7, 11) is -4.18. The van der Waals surface area contributed by atoms with Crippen LogP contribution in [0.1, 0.15) is 25.8 Å². The maximum absolute atomic E-state index is 13.1. The molecule has 6 nitrogen and oxygen atoms in total. The lowest BCUT2D eigenvalue weighted by Crippen LogP contribution is -2.60. The molecule has 128 valence electrons. The van der Waals surface area contributed by atoms with Gasteiger partial charge in [0, 0.05) is 0 Å². The standard InChI is InChI=1S/C17H19NO5S/c1-12-7-9-14(10-8-12)24(20,21)18-15(19)23-16(3,4)17(18)13(2)6-5-11-22-17/h5,7-11H,2,6H2,1,3-4H3/t17-/m1/s1. The van der Waals surface area contributed by atoms with Gasteiger partial charge in [0.25, 0.3) is 15.7 Å². The molecule has 1 atom stereocenters. The SMILES string of the molecule is C=C1CC=CO[C@]12N(S(=O)(=O)c1ccc(C)cc1)C(=O)OC2(C)C. The molecule has 2 heterocycles. The van der Waals surface area contributed by atoms with Gasteiger partial charge in [-0.15, -0.1) is 0 Å². The monoisotopic (exact) mass is 349 g/mol. The van der Waals surface area contributed by atoms with Crippen molar-refractivity contribution in [3.05, 3.63) is 54.3 Å². The first kappa shape index (κ1) is 16.6. The first-order chi connectivity index (χ1) is 11.1. The van der Waals surface area contributed by atoms with Crippen LogP contribution >= 0.6 is 0 Å². The molecule has 2 aliphatic rings. The van der Waals surface area contributed by atoms with Crippen LogP contribution in [0.2, 0.25) is 0 Å². The number of carbonyl (C=O) groups is 1. The lowest BCUT2D eigenvalue weighted by atomic mass is 9.86. The van der Waals surface area contributed by atoms with Crippen LogP contribution in [0.4, 0.5) is 4.79 Å². The predicted molar refractivity (Wildman–Crippen MR) is 87.5 cm³/mol. The fourth-order valence-corrected chi connectivity index (χ4v) is 4.76. The van der Waals surface area contributed by atoms with E-state index in [2.05, 4.69) is 6.58 Å². The van der Waals surface area contributed by atoms with Gasteiger partial charge >= 0.3 is 6.09 Å². The lowest BCUT2D eigenvalue weighted by molar-refractivity contribution is -0.105. The van der Waals surface area contributed by atoms with E-state index >= 15 is 0 Å². The van der Waals surface area contributed by atoms with E-state index < -0.39 is 27.4 Å². The van der Waals surface area contributed by atoms with Crippen LogP contribution < -0.4 is 0 Å². The summed E-state index contributed by atoms with van der Waals surface area (Å²) in [6.45, 7) is 9.01. The van der Waals surface area contributed by atoms with E-state index in [1.807, 2.05) is 6.92 Å². The first-order valence-corrected chi connectivity index (χ1v) is 8.93. The Balaban J connectivity index is 2.21. The third-order valence-corrected chi connectivity index (χ3v) is 6.10. The van der Waals surface area contributed by atoms with Crippen molar-refractivity contribution >= 4 is 16.1 Å². The minimum atomic E-state index is -4.18. The van der Waals surface area contributed by atoms with Gasteiger partial charge in [0.1, 0.15) is 0 Å². The van der Waals surface area contributed by atoms with Gasteiger partial charge in [0.05, 0.1) is 11.2 Å². The Hall–Kier alpha value is -2.28. The number of ether oxygens (including phenoxy) is 2. The molecular formula is C17H19NO5S. The number of benzene rings is 1. The van der Waals surface area contributed by atoms with Gasteiger partial charge in [-0.3, -0.25) is 0 Å². The molecule has 0 unspecified atom stereocenters. The highest BCUT2D eigenvalue weighted by atomic mass is 32.2. The quantitative estimate of drug-likeness (QED) is 0.767. The Morgan fingerprint density at radius 2 is 1.83 bits per heavy atom. The summed E-state index contributed by atoms with van der Waals surface area (Å²) >= 11 is 0. The Bertz CT molecular complexity index is 838. The zero-order valence-electron chi connectivity index (χ0n) is 13.8. The average molecular weight is 349 g/mol. The van der Waals surface area contributed by atoms with Gasteiger partial charge < -0.3 is 9.47 Å². The number of amides is 1. The Morgan fingerprint density at radius 1 is 1.21 bits per heavy atom. The summed E-state index contributed by atoms with van der Waals surface area (Å²) in [5.41, 5.74) is -1.47. The molecule has 0 N–H and O–H groups in total. The van der Waals surface area contributed by atoms with Crippen molar-refractivity contribution in [2.45, 2.75) is 43.4 Å². The maximum Gasteiger partial charge on any atom is 0.428 e. The highest BCUT2D eigenvalue weighted by Crippen LogP contribution is 2.49. The van der Waals surface area contributed by atoms with Crippen molar-refractivity contribution in [1.29, 1.82) is 0 Å². The van der Waals surface area contributed by atoms with E-state index in [4.69, 9.17) is 9.47 Å². The van der Waals surface area contributed by atoms with E-state index in [9.17, 15) is 13.2 Å². The summed E-state index contributed by atoms with van der Waals surface area (Å²) in [5, 5.41) is 0. The molecular weight excluding hydrogens is 330 g/mol. The summed E-state index contributed by atoms with van der Waals surface area (Å²) in [6.07, 6.45) is 2.51. The summed E-state index contributed by atoms with van der Waals surface area (Å²) < 4.78 is 38.0. The topological polar surface area (TPSA) is 72.9 Å². The zero-order chi connectivity index (χ0) is 17.8. The number of hydrogen-bond donors (Lipinski definition) is 0. The molecule has 0 aliphatic carbocycles. The second kappa shape index (κ2) is 5.11. The molecule has 0 aromatic heterocycles. The molecule has 1 amide bonds. The average Bonchev–Trinajstić information content (AvgIpc) is 2.69. The molecule has 24 heavy (non-hydrogen) atoms. The molecule has 0 radical (unpaired) electrons. The molecule has 3 rings (SSSR count). The van der Waals surface area contributed by atoms with Crippen molar-refractivity contribution in [3.63, 3.8) is 0 Å². The second-order valence-corrected chi connectivity index (χ2v) is 8.19. The summed E-state index contributed by atoms with van der Waals surface area (Å²) in [4.78, 5) is 12.5. The number of hydrogen-bond acceptors (Lipinski definition) is 5. The molecule has 0 saturated carbocycles. The fourth-order valence-electron chi connectivity index (χ4n) is 3.10. The molecule has 1 fully saturated rings. The molecule has 1 spiro atoms. The number of rotatable bonds is 2. The number of cyclic esters (lactones) is 1. The van der Waals surface area contributed by atoms with E-state index in [1.165, 1.54) is 18.4 Å². The third-order valence-electron chi connectivity index (χ3n) is 4.35. The Morgan fingerprint density at radius 3 is 2.42 bits per heavy atom. The van der Waals surface area contributed by atoms with Gasteiger partial charge in [0.15, 0.2) is 5.60 Å². The summed E-state index contributed by atoms with van der Waals surface area (Å²) in [6, 6.07) is 6.25. The smallest absolute Gasteiger partial charge is 0.428 e. The van der Waals surface area contributed by atoms with E-state index in [-0.39, 0.29) is 4.90 Å². The Labute approximate surface area is 141 Å². The van der Waals surface area contributed by atoms with Crippen molar-refractivity contribution in [3.8, 4) is 0 Å². The molecule has 0 bridgehead atoms. The van der Waals surface area contributed by atoms with Crippen LogP contribution in [0.3, 0.4) is 0 Å². The highest BCUT2D eigenvalue weighted by Gasteiger charge is 2.68. The Kier molecular flexibility index (Phi) is 3.53. The summed E-state index contributed by atoms with van der Waals surface area (Å²) in [5.74, 6) is 0. The van der Waals surface area contributed by atoms with Crippen LogP contribution in [0.25, 0.3) is 0 Å². The molecule has 2 aliphatic heterocycles. The van der Waals surface area contributed by atoms with Crippen LogP contribution in [-0.4, -0.2) is 30.1 Å². The number of aryl methyl sites for hydroxylation is 1. The van der Waals surface area contributed by atoms with Gasteiger partial charge in [-0.2, -0.15) is 4.31 Å². The number of carbonyl (C=O) groups excluding carboxylic acids is 1. The number of nitrogens with zero attached hydrogens (tertiary/aromatic N) is 1. The van der Waals surface area contributed by atoms with Crippen molar-refractivity contribution < 1.29 is 22.7 Å². The highest BCUT2D eigenvalue weighted by molar-refractivity contribution is 7.89. The largest absolute Gasteiger partial charge is 0.466 e. The van der Waals surface area contributed by atoms with E-state index in [0.717, 1.165) is 5.56 Å². The van der Waals surface area contributed by atoms with Crippen molar-refractivity contribution in [1.82, 2.24) is 4.31 Å². The molecule has 7 heteroatoms. The molecule has 1 saturated heterocycles. The normalized spacial score (nSPS) is 25.7. The van der Waals surface area contributed by atoms with Crippen LogP contribution in [0.15, 0.2) is 53.7 Å². The third kappa shape index (κ3) is 2.07.